The van der Waals surface area contributed by atoms with Gasteiger partial charge in [-0.1, -0.05) is 0 Å². The van der Waals surface area contributed by atoms with E-state index in [4.69, 9.17) is 9.47 Å². The van der Waals surface area contributed by atoms with E-state index in [1.165, 1.54) is 32.1 Å². The molecule has 0 aromatic rings. The van der Waals surface area contributed by atoms with E-state index in [9.17, 15) is 0 Å². The van der Waals surface area contributed by atoms with Crippen molar-refractivity contribution in [2.24, 2.45) is 5.41 Å². The summed E-state index contributed by atoms with van der Waals surface area (Å²) in [5, 5.41) is 0. The topological polar surface area (TPSA) is 21.8 Å². The molecule has 2 aliphatic heterocycles. The Labute approximate surface area is 86.0 Å². The number of epoxide rings is 1. The molecule has 0 unspecified atom stereocenters. The van der Waals surface area contributed by atoms with Gasteiger partial charge in [0, 0.05) is 0 Å². The molecule has 0 N–H and O–H groups in total. The quantitative estimate of drug-likeness (QED) is 0.555. The second kappa shape index (κ2) is 2.53. The summed E-state index contributed by atoms with van der Waals surface area (Å²) in [5.74, 6) is 0. The van der Waals surface area contributed by atoms with E-state index in [-0.39, 0.29) is 5.60 Å². The summed E-state index contributed by atoms with van der Waals surface area (Å²) in [6.07, 6.45) is 6.42. The summed E-state index contributed by atoms with van der Waals surface area (Å²) in [6, 6.07) is 0. The number of rotatable bonds is 0. The molecule has 0 radical (unpaired) electrons. The monoisotopic (exact) mass is 196 g/mol. The predicted molar refractivity (Wildman–Crippen MR) is 54.2 cm³/mol. The van der Waals surface area contributed by atoms with Crippen LogP contribution in [0.4, 0.5) is 0 Å². The lowest BCUT2D eigenvalue weighted by Gasteiger charge is -2.35. The molecular formula is C12H20O2. The van der Waals surface area contributed by atoms with Crippen LogP contribution in [0.2, 0.25) is 0 Å². The van der Waals surface area contributed by atoms with Gasteiger partial charge in [0.15, 0.2) is 0 Å². The minimum atomic E-state index is 0.120. The number of hydrogen-bond donors (Lipinski definition) is 0. The maximum atomic E-state index is 5.88. The van der Waals surface area contributed by atoms with Crippen LogP contribution in [0.25, 0.3) is 0 Å². The maximum absolute atomic E-state index is 5.88. The van der Waals surface area contributed by atoms with Crippen molar-refractivity contribution in [1.82, 2.24) is 0 Å². The fraction of sp³-hybridized carbons (Fsp3) is 1.00. The van der Waals surface area contributed by atoms with Crippen molar-refractivity contribution >= 4 is 0 Å². The van der Waals surface area contributed by atoms with Gasteiger partial charge in [-0.15, -0.1) is 0 Å². The van der Waals surface area contributed by atoms with Crippen molar-refractivity contribution in [3.05, 3.63) is 0 Å². The zero-order chi connectivity index (χ0) is 9.86. The highest BCUT2D eigenvalue weighted by Gasteiger charge is 2.54. The minimum Gasteiger partial charge on any atom is -0.375 e. The van der Waals surface area contributed by atoms with Crippen LogP contribution < -0.4 is 0 Å². The van der Waals surface area contributed by atoms with Gasteiger partial charge in [-0.25, -0.2) is 0 Å². The minimum absolute atomic E-state index is 0.120. The van der Waals surface area contributed by atoms with E-state index in [0.717, 1.165) is 13.2 Å². The van der Waals surface area contributed by atoms with Crippen molar-refractivity contribution in [3.63, 3.8) is 0 Å². The Bertz CT molecular complexity index is 243. The average molecular weight is 196 g/mol. The van der Waals surface area contributed by atoms with Crippen molar-refractivity contribution in [3.8, 4) is 0 Å². The van der Waals surface area contributed by atoms with E-state index in [0.29, 0.717) is 11.0 Å². The zero-order valence-corrected chi connectivity index (χ0v) is 9.27. The lowest BCUT2D eigenvalue weighted by Crippen LogP contribution is -2.32. The molecule has 0 aromatic heterocycles. The highest BCUT2D eigenvalue weighted by molar-refractivity contribution is 5.03. The highest BCUT2D eigenvalue weighted by atomic mass is 16.6. The van der Waals surface area contributed by atoms with Gasteiger partial charge in [-0.05, 0) is 51.4 Å². The summed E-state index contributed by atoms with van der Waals surface area (Å²) in [6.45, 7) is 6.45. The van der Waals surface area contributed by atoms with E-state index >= 15 is 0 Å². The van der Waals surface area contributed by atoms with Gasteiger partial charge in [0.1, 0.15) is 0 Å². The molecular weight excluding hydrogens is 176 g/mol. The van der Waals surface area contributed by atoms with E-state index in [1.54, 1.807) is 0 Å². The summed E-state index contributed by atoms with van der Waals surface area (Å²) in [5.41, 5.74) is 0.952. The molecule has 1 saturated carbocycles. The first-order valence-electron chi connectivity index (χ1n) is 5.81. The molecule has 0 aromatic carbocycles. The molecule has 14 heavy (non-hydrogen) atoms. The van der Waals surface area contributed by atoms with Crippen LogP contribution in [-0.2, 0) is 9.47 Å². The second-order valence-electron chi connectivity index (χ2n) is 6.20. The largest absolute Gasteiger partial charge is 0.375 e. The van der Waals surface area contributed by atoms with Gasteiger partial charge in [-0.3, -0.25) is 0 Å². The summed E-state index contributed by atoms with van der Waals surface area (Å²) < 4.78 is 11.4. The van der Waals surface area contributed by atoms with Crippen LogP contribution in [-0.4, -0.2) is 24.4 Å². The second-order valence-corrected chi connectivity index (χ2v) is 6.20. The van der Waals surface area contributed by atoms with Gasteiger partial charge >= 0.3 is 0 Å². The molecule has 0 atom stereocenters. The Morgan fingerprint density at radius 1 is 0.857 bits per heavy atom. The smallest absolute Gasteiger partial charge is 0.0917 e. The first-order chi connectivity index (χ1) is 6.54. The van der Waals surface area contributed by atoms with Crippen molar-refractivity contribution < 1.29 is 9.47 Å². The van der Waals surface area contributed by atoms with Crippen molar-refractivity contribution in [1.29, 1.82) is 0 Å². The van der Waals surface area contributed by atoms with Crippen LogP contribution >= 0.6 is 0 Å². The lowest BCUT2D eigenvalue weighted by molar-refractivity contribution is 0.0259. The van der Waals surface area contributed by atoms with Gasteiger partial charge in [0.2, 0.25) is 0 Å². The Balaban J connectivity index is 1.69. The number of ether oxygens (including phenoxy) is 2. The Morgan fingerprint density at radius 3 is 1.93 bits per heavy atom. The van der Waals surface area contributed by atoms with Crippen LogP contribution in [0.3, 0.4) is 0 Å². The standard InChI is InChI=1S/C12H20O2/c1-10(2)7-11(8-13-10)3-5-12(6-4-11)9-14-12/h3-9H2,1-2H3. The molecule has 1 aliphatic carbocycles. The van der Waals surface area contributed by atoms with Gasteiger partial charge in [-0.2, -0.15) is 0 Å². The maximum Gasteiger partial charge on any atom is 0.0917 e. The van der Waals surface area contributed by atoms with E-state index in [2.05, 4.69) is 13.8 Å². The molecule has 2 saturated heterocycles. The van der Waals surface area contributed by atoms with Crippen molar-refractivity contribution in [2.75, 3.05) is 13.2 Å². The zero-order valence-electron chi connectivity index (χ0n) is 9.27. The predicted octanol–water partition coefficient (Wildman–Crippen LogP) is 2.51. The van der Waals surface area contributed by atoms with E-state index in [1.807, 2.05) is 0 Å². The lowest BCUT2D eigenvalue weighted by atomic mass is 9.68. The van der Waals surface area contributed by atoms with Crippen molar-refractivity contribution in [2.45, 2.75) is 57.2 Å². The Morgan fingerprint density at radius 2 is 1.50 bits per heavy atom. The molecule has 3 rings (SSSR count). The molecule has 2 heteroatoms. The SMILES string of the molecule is CC1(C)CC2(CCC3(CC2)CO3)CO1. The number of hydrogen-bond acceptors (Lipinski definition) is 2. The fourth-order valence-corrected chi connectivity index (χ4v) is 3.30. The Hall–Kier alpha value is -0.0800. The molecule has 2 spiro atoms. The third-order valence-corrected chi connectivity index (χ3v) is 4.34. The fourth-order valence-electron chi connectivity index (χ4n) is 3.30. The first kappa shape index (κ1) is 9.17. The van der Waals surface area contributed by atoms with Crippen LogP contribution in [0.1, 0.15) is 46.0 Å². The summed E-state index contributed by atoms with van der Waals surface area (Å²) >= 11 is 0. The summed E-state index contributed by atoms with van der Waals surface area (Å²) in [4.78, 5) is 0. The molecule has 3 fully saturated rings. The highest BCUT2D eigenvalue weighted by Crippen LogP contribution is 2.54. The molecule has 0 bridgehead atoms. The van der Waals surface area contributed by atoms with Crippen LogP contribution in [0, 0.1) is 5.41 Å². The average Bonchev–Trinajstić information content (AvgIpc) is 2.82. The normalized spacial score (nSPS) is 50.1. The molecule has 80 valence electrons. The third-order valence-electron chi connectivity index (χ3n) is 4.34. The van der Waals surface area contributed by atoms with Gasteiger partial charge < -0.3 is 9.47 Å². The van der Waals surface area contributed by atoms with Crippen LogP contribution in [0.15, 0.2) is 0 Å². The van der Waals surface area contributed by atoms with Crippen LogP contribution in [0.5, 0.6) is 0 Å². The molecule has 0 amide bonds. The molecule has 2 heterocycles. The Kier molecular flexibility index (Phi) is 1.66. The first-order valence-corrected chi connectivity index (χ1v) is 5.81. The van der Waals surface area contributed by atoms with E-state index < -0.39 is 0 Å². The summed E-state index contributed by atoms with van der Waals surface area (Å²) in [7, 11) is 0. The molecule has 3 aliphatic rings. The third kappa shape index (κ3) is 1.40. The van der Waals surface area contributed by atoms with Gasteiger partial charge in [0.25, 0.3) is 0 Å². The van der Waals surface area contributed by atoms with Gasteiger partial charge in [0.05, 0.1) is 24.4 Å². The molecule has 2 nitrogen and oxygen atoms in total.